The van der Waals surface area contributed by atoms with Crippen LogP contribution in [0, 0.1) is 0 Å². The summed E-state index contributed by atoms with van der Waals surface area (Å²) in [7, 11) is -3.56. The first-order chi connectivity index (χ1) is 10.0. The van der Waals surface area contributed by atoms with E-state index in [1.807, 2.05) is 12.1 Å². The quantitative estimate of drug-likeness (QED) is 0.821. The summed E-state index contributed by atoms with van der Waals surface area (Å²) in [6.07, 6.45) is 3.26. The fraction of sp³-hybridized carbons (Fsp3) is 0.333. The summed E-state index contributed by atoms with van der Waals surface area (Å²) in [5.74, 6) is 0.582. The van der Waals surface area contributed by atoms with Crippen LogP contribution in [0.25, 0.3) is 0 Å². The van der Waals surface area contributed by atoms with Crippen molar-refractivity contribution in [2.45, 2.75) is 30.7 Å². The molecule has 0 saturated carbocycles. The van der Waals surface area contributed by atoms with Crippen molar-refractivity contribution in [3.63, 3.8) is 0 Å². The van der Waals surface area contributed by atoms with E-state index < -0.39 is 16.1 Å². The first-order valence-electron chi connectivity index (χ1n) is 6.87. The van der Waals surface area contributed by atoms with Gasteiger partial charge in [0, 0.05) is 0 Å². The molecule has 1 aromatic heterocycles. The summed E-state index contributed by atoms with van der Waals surface area (Å²) in [4.78, 5) is 0.248. The average molecular weight is 308 g/mol. The van der Waals surface area contributed by atoms with Crippen LogP contribution in [0.1, 0.15) is 30.7 Å². The number of benzene rings is 1. The monoisotopic (exact) mass is 308 g/mol. The van der Waals surface area contributed by atoms with Crippen LogP contribution in [0.4, 0.5) is 0 Å². The van der Waals surface area contributed by atoms with Gasteiger partial charge in [0.05, 0.1) is 17.2 Å². The molecule has 2 rings (SSSR count). The van der Waals surface area contributed by atoms with E-state index in [0.717, 1.165) is 18.4 Å². The normalized spacial score (nSPS) is 13.2. The molecule has 21 heavy (non-hydrogen) atoms. The van der Waals surface area contributed by atoms with Crippen LogP contribution in [0.2, 0.25) is 0 Å². The smallest absolute Gasteiger partial charge is 0.241 e. The highest BCUT2D eigenvalue weighted by Crippen LogP contribution is 2.18. The van der Waals surface area contributed by atoms with Crippen LogP contribution < -0.4 is 10.5 Å². The Morgan fingerprint density at radius 3 is 2.52 bits per heavy atom. The van der Waals surface area contributed by atoms with Gasteiger partial charge in [-0.25, -0.2) is 13.1 Å². The molecule has 114 valence electrons. The Hall–Kier alpha value is -1.63. The summed E-state index contributed by atoms with van der Waals surface area (Å²) in [6, 6.07) is 9.92. The van der Waals surface area contributed by atoms with Gasteiger partial charge in [0.1, 0.15) is 5.76 Å². The van der Waals surface area contributed by atoms with Gasteiger partial charge in [0.15, 0.2) is 0 Å². The van der Waals surface area contributed by atoms with E-state index >= 15 is 0 Å². The Labute approximate surface area is 125 Å². The third kappa shape index (κ3) is 4.17. The van der Waals surface area contributed by atoms with Crippen LogP contribution in [0.15, 0.2) is 52.0 Å². The maximum Gasteiger partial charge on any atom is 0.241 e. The summed E-state index contributed by atoms with van der Waals surface area (Å²) >= 11 is 0. The lowest BCUT2D eigenvalue weighted by Crippen LogP contribution is -2.26. The van der Waals surface area contributed by atoms with E-state index in [1.54, 1.807) is 31.2 Å². The Kier molecular flexibility index (Phi) is 5.17. The summed E-state index contributed by atoms with van der Waals surface area (Å²) in [5.41, 5.74) is 6.54. The Morgan fingerprint density at radius 2 is 1.95 bits per heavy atom. The number of aryl methyl sites for hydroxylation is 1. The van der Waals surface area contributed by atoms with E-state index in [9.17, 15) is 8.42 Å². The molecule has 1 unspecified atom stereocenters. The third-order valence-corrected chi connectivity index (χ3v) is 4.76. The lowest BCUT2D eigenvalue weighted by Gasteiger charge is -2.12. The van der Waals surface area contributed by atoms with Crippen molar-refractivity contribution in [3.8, 4) is 0 Å². The van der Waals surface area contributed by atoms with Crippen molar-refractivity contribution < 1.29 is 12.8 Å². The number of nitrogens with one attached hydrogen (secondary N) is 1. The highest BCUT2D eigenvalue weighted by Gasteiger charge is 2.19. The third-order valence-electron chi connectivity index (χ3n) is 3.21. The molecule has 0 saturated heterocycles. The number of rotatable bonds is 7. The number of nitrogens with two attached hydrogens (primary N) is 1. The molecule has 0 aliphatic heterocycles. The lowest BCUT2D eigenvalue weighted by atomic mass is 10.1. The van der Waals surface area contributed by atoms with Gasteiger partial charge in [-0.1, -0.05) is 12.1 Å². The van der Waals surface area contributed by atoms with Crippen molar-refractivity contribution in [3.05, 3.63) is 54.0 Å². The van der Waals surface area contributed by atoms with Crippen LogP contribution in [-0.4, -0.2) is 15.0 Å². The minimum Gasteiger partial charge on any atom is -0.468 e. The molecule has 1 aromatic carbocycles. The number of hydrogen-bond donors (Lipinski definition) is 2. The predicted octanol–water partition coefficient (Wildman–Crippen LogP) is 2.21. The SMILES string of the molecule is CC(NS(=O)(=O)c1ccc(CCCN)cc1)c1ccco1. The summed E-state index contributed by atoms with van der Waals surface area (Å²) < 4.78 is 32.4. The minimum atomic E-state index is -3.56. The predicted molar refractivity (Wildman–Crippen MR) is 81.3 cm³/mol. The van der Waals surface area contributed by atoms with Crippen molar-refractivity contribution in [2.24, 2.45) is 5.73 Å². The summed E-state index contributed by atoms with van der Waals surface area (Å²) in [5, 5.41) is 0. The van der Waals surface area contributed by atoms with Gasteiger partial charge in [0.2, 0.25) is 10.0 Å². The molecule has 0 bridgehead atoms. The average Bonchev–Trinajstić information content (AvgIpc) is 2.99. The number of hydrogen-bond acceptors (Lipinski definition) is 4. The van der Waals surface area contributed by atoms with Crippen molar-refractivity contribution in [2.75, 3.05) is 6.54 Å². The number of furan rings is 1. The van der Waals surface area contributed by atoms with Gasteiger partial charge >= 0.3 is 0 Å². The molecule has 6 heteroatoms. The van der Waals surface area contributed by atoms with Gasteiger partial charge in [-0.15, -0.1) is 0 Å². The van der Waals surface area contributed by atoms with E-state index in [1.165, 1.54) is 6.26 Å². The zero-order valence-corrected chi connectivity index (χ0v) is 12.8. The summed E-state index contributed by atoms with van der Waals surface area (Å²) in [6.45, 7) is 2.37. The molecule has 0 aliphatic rings. The first-order valence-corrected chi connectivity index (χ1v) is 8.36. The van der Waals surface area contributed by atoms with Gasteiger partial charge in [-0.3, -0.25) is 0 Å². The standard InChI is InChI=1S/C15H20N2O3S/c1-12(15-5-3-11-20-15)17-21(18,19)14-8-6-13(7-9-14)4-2-10-16/h3,5-9,11-12,17H,2,4,10,16H2,1H3. The molecule has 0 aliphatic carbocycles. The second kappa shape index (κ2) is 6.89. The molecule has 3 N–H and O–H groups in total. The molecular weight excluding hydrogens is 288 g/mol. The number of sulfonamides is 1. The Morgan fingerprint density at radius 1 is 1.24 bits per heavy atom. The van der Waals surface area contributed by atoms with Crippen LogP contribution in [0.5, 0.6) is 0 Å². The van der Waals surface area contributed by atoms with Crippen molar-refractivity contribution in [1.29, 1.82) is 0 Å². The molecule has 5 nitrogen and oxygen atoms in total. The van der Waals surface area contributed by atoms with Crippen molar-refractivity contribution in [1.82, 2.24) is 4.72 Å². The second-order valence-corrected chi connectivity index (χ2v) is 6.61. The minimum absolute atomic E-state index is 0.248. The molecule has 0 amide bonds. The van der Waals surface area contributed by atoms with Gasteiger partial charge in [-0.2, -0.15) is 0 Å². The Bertz CT molecular complexity index is 649. The Balaban J connectivity index is 2.08. The lowest BCUT2D eigenvalue weighted by molar-refractivity contribution is 0.459. The molecular formula is C15H20N2O3S. The fourth-order valence-electron chi connectivity index (χ4n) is 2.04. The first kappa shape index (κ1) is 15.8. The maximum absolute atomic E-state index is 12.3. The highest BCUT2D eigenvalue weighted by molar-refractivity contribution is 7.89. The van der Waals surface area contributed by atoms with E-state index in [4.69, 9.17) is 10.2 Å². The van der Waals surface area contributed by atoms with E-state index in [0.29, 0.717) is 12.3 Å². The molecule has 1 heterocycles. The fourth-order valence-corrected chi connectivity index (χ4v) is 3.25. The van der Waals surface area contributed by atoms with Crippen molar-refractivity contribution >= 4 is 10.0 Å². The van der Waals surface area contributed by atoms with Crippen LogP contribution in [-0.2, 0) is 16.4 Å². The van der Waals surface area contributed by atoms with Crippen LogP contribution in [0.3, 0.4) is 0 Å². The van der Waals surface area contributed by atoms with E-state index in [-0.39, 0.29) is 4.90 Å². The molecule has 1 atom stereocenters. The molecule has 2 aromatic rings. The molecule has 0 fully saturated rings. The zero-order chi connectivity index (χ0) is 15.3. The largest absolute Gasteiger partial charge is 0.468 e. The second-order valence-electron chi connectivity index (χ2n) is 4.89. The maximum atomic E-state index is 12.3. The topological polar surface area (TPSA) is 85.3 Å². The van der Waals surface area contributed by atoms with E-state index in [2.05, 4.69) is 4.72 Å². The van der Waals surface area contributed by atoms with Crippen LogP contribution >= 0.6 is 0 Å². The highest BCUT2D eigenvalue weighted by atomic mass is 32.2. The molecule has 0 spiro atoms. The van der Waals surface area contributed by atoms with Gasteiger partial charge < -0.3 is 10.2 Å². The molecule has 0 radical (unpaired) electrons. The zero-order valence-electron chi connectivity index (χ0n) is 12.0. The van der Waals surface area contributed by atoms with Gasteiger partial charge in [0.25, 0.3) is 0 Å². The van der Waals surface area contributed by atoms with Gasteiger partial charge in [-0.05, 0) is 56.1 Å².